The van der Waals surface area contributed by atoms with E-state index in [0.717, 1.165) is 23.5 Å². The van der Waals surface area contributed by atoms with Crippen molar-refractivity contribution in [3.05, 3.63) is 69.1 Å². The van der Waals surface area contributed by atoms with Gasteiger partial charge in [-0.1, -0.05) is 6.07 Å². The summed E-state index contributed by atoms with van der Waals surface area (Å²) in [6.07, 6.45) is -3.13. The van der Waals surface area contributed by atoms with Crippen LogP contribution in [0.15, 0.2) is 57.4 Å². The van der Waals surface area contributed by atoms with Gasteiger partial charge in [0, 0.05) is 11.1 Å². The fourth-order valence-electron chi connectivity index (χ4n) is 2.58. The molecule has 0 aliphatic heterocycles. The van der Waals surface area contributed by atoms with Gasteiger partial charge in [0.1, 0.15) is 5.75 Å². The van der Waals surface area contributed by atoms with Crippen LogP contribution in [0.25, 0.3) is 0 Å². The number of benzene rings is 2. The van der Waals surface area contributed by atoms with Crippen LogP contribution in [-0.2, 0) is 22.2 Å². The van der Waals surface area contributed by atoms with E-state index in [1.165, 1.54) is 18.3 Å². The van der Waals surface area contributed by atoms with Gasteiger partial charge in [-0.15, -0.1) is 11.3 Å². The molecular weight excluding hydrogens is 541 g/mol. The standard InChI is InChI=1S/C21H16BrF3N4O4S/c22-16-6-12(4-5-17(16)33-10-19(31)32)9-26-29-18(30)8-15-11-34-20(28-15)27-14-3-1-2-13(7-14)21(23,24)25/h1-7,9,11H,8,10H2,(H,27,28)(H,29,30)(H,31,32)/b26-9-. The largest absolute Gasteiger partial charge is 0.481 e. The number of carboxylic acids is 1. The lowest BCUT2D eigenvalue weighted by Gasteiger charge is -2.08. The first-order valence-corrected chi connectivity index (χ1v) is 11.1. The molecule has 0 atom stereocenters. The number of nitrogens with zero attached hydrogens (tertiary/aromatic N) is 2. The number of amides is 1. The smallest absolute Gasteiger partial charge is 0.416 e. The number of hydrazone groups is 1. The normalized spacial score (nSPS) is 11.4. The number of carbonyl (C=O) groups is 2. The molecule has 0 saturated heterocycles. The Labute approximate surface area is 203 Å². The molecule has 13 heteroatoms. The van der Waals surface area contributed by atoms with E-state index < -0.39 is 30.2 Å². The number of aromatic nitrogens is 1. The lowest BCUT2D eigenvalue weighted by Crippen LogP contribution is -2.19. The average molecular weight is 557 g/mol. The second-order valence-corrected chi connectivity index (χ2v) is 8.40. The molecule has 3 rings (SSSR count). The van der Waals surface area contributed by atoms with Crippen molar-refractivity contribution in [1.29, 1.82) is 0 Å². The second-order valence-electron chi connectivity index (χ2n) is 6.69. The molecule has 1 aromatic heterocycles. The van der Waals surface area contributed by atoms with E-state index in [1.54, 1.807) is 23.6 Å². The lowest BCUT2D eigenvalue weighted by atomic mass is 10.2. The molecule has 0 saturated carbocycles. The van der Waals surface area contributed by atoms with E-state index in [1.807, 2.05) is 0 Å². The number of anilines is 2. The van der Waals surface area contributed by atoms with Gasteiger partial charge in [-0.2, -0.15) is 18.3 Å². The highest BCUT2D eigenvalue weighted by Crippen LogP contribution is 2.32. The fraction of sp³-hybridized carbons (Fsp3) is 0.143. The van der Waals surface area contributed by atoms with Crippen molar-refractivity contribution in [1.82, 2.24) is 10.4 Å². The lowest BCUT2D eigenvalue weighted by molar-refractivity contribution is -0.139. The summed E-state index contributed by atoms with van der Waals surface area (Å²) in [5.74, 6) is -1.19. The maximum Gasteiger partial charge on any atom is 0.416 e. The van der Waals surface area contributed by atoms with E-state index in [-0.39, 0.29) is 12.1 Å². The zero-order valence-electron chi connectivity index (χ0n) is 17.1. The number of hydrogen-bond acceptors (Lipinski definition) is 7. The number of halogens is 4. The summed E-state index contributed by atoms with van der Waals surface area (Å²) in [7, 11) is 0. The van der Waals surface area contributed by atoms with Gasteiger partial charge in [-0.05, 0) is 57.9 Å². The van der Waals surface area contributed by atoms with Gasteiger partial charge in [-0.3, -0.25) is 4.79 Å². The predicted octanol–water partition coefficient (Wildman–Crippen LogP) is 4.82. The maximum absolute atomic E-state index is 12.8. The Kier molecular flexibility index (Phi) is 8.23. The molecule has 3 aromatic rings. The molecule has 0 bridgehead atoms. The summed E-state index contributed by atoms with van der Waals surface area (Å²) in [5, 5.41) is 17.3. The third-order valence-electron chi connectivity index (χ3n) is 4.04. The quantitative estimate of drug-likeness (QED) is 0.257. The Morgan fingerprint density at radius 3 is 2.74 bits per heavy atom. The van der Waals surface area contributed by atoms with Crippen LogP contribution in [0, 0.1) is 0 Å². The van der Waals surface area contributed by atoms with Gasteiger partial charge in [0.25, 0.3) is 0 Å². The molecule has 34 heavy (non-hydrogen) atoms. The number of carboxylic acid groups (broad SMARTS) is 1. The summed E-state index contributed by atoms with van der Waals surface area (Å²) < 4.78 is 44.1. The number of rotatable bonds is 9. The molecule has 0 radical (unpaired) electrons. The molecule has 1 heterocycles. The Morgan fingerprint density at radius 2 is 2.03 bits per heavy atom. The van der Waals surface area contributed by atoms with Gasteiger partial charge in [0.15, 0.2) is 11.7 Å². The summed E-state index contributed by atoms with van der Waals surface area (Å²) in [6.45, 7) is -0.476. The highest BCUT2D eigenvalue weighted by molar-refractivity contribution is 9.10. The minimum atomic E-state index is -4.45. The van der Waals surface area contributed by atoms with Crippen LogP contribution in [0.1, 0.15) is 16.8 Å². The molecular formula is C21H16BrF3N4O4S. The maximum atomic E-state index is 12.8. The summed E-state index contributed by atoms with van der Waals surface area (Å²) >= 11 is 4.42. The Balaban J connectivity index is 1.52. The molecule has 0 unspecified atom stereocenters. The van der Waals surface area contributed by atoms with Crippen molar-refractivity contribution in [2.24, 2.45) is 5.10 Å². The summed E-state index contributed by atoms with van der Waals surface area (Å²) in [4.78, 5) is 26.9. The van der Waals surface area contributed by atoms with Gasteiger partial charge in [-0.25, -0.2) is 15.2 Å². The number of thiazole rings is 1. The number of aliphatic carboxylic acids is 1. The molecule has 0 spiro atoms. The number of alkyl halides is 3. The van der Waals surface area contributed by atoms with Crippen LogP contribution in [0.5, 0.6) is 5.75 Å². The first kappa shape index (κ1) is 25.2. The van der Waals surface area contributed by atoms with Crippen LogP contribution < -0.4 is 15.5 Å². The SMILES string of the molecule is O=C(O)COc1ccc(/C=N\NC(=O)Cc2csc(Nc3cccc(C(F)(F)F)c3)n2)cc1Br. The Bertz CT molecular complexity index is 1220. The molecule has 3 N–H and O–H groups in total. The second kappa shape index (κ2) is 11.1. The van der Waals surface area contributed by atoms with Crippen LogP contribution >= 0.6 is 27.3 Å². The third-order valence-corrected chi connectivity index (χ3v) is 5.47. The minimum Gasteiger partial charge on any atom is -0.481 e. The molecule has 178 valence electrons. The van der Waals surface area contributed by atoms with Crippen molar-refractivity contribution in [2.75, 3.05) is 11.9 Å². The van der Waals surface area contributed by atoms with Crippen molar-refractivity contribution < 1.29 is 32.6 Å². The summed E-state index contributed by atoms with van der Waals surface area (Å²) in [6, 6.07) is 9.56. The highest BCUT2D eigenvalue weighted by Gasteiger charge is 2.30. The van der Waals surface area contributed by atoms with Gasteiger partial charge in [0.2, 0.25) is 5.91 Å². The number of ether oxygens (including phenoxy) is 1. The van der Waals surface area contributed by atoms with Crippen molar-refractivity contribution in [3.63, 3.8) is 0 Å². The van der Waals surface area contributed by atoms with E-state index in [9.17, 15) is 22.8 Å². The van der Waals surface area contributed by atoms with Crippen molar-refractivity contribution in [3.8, 4) is 5.75 Å². The number of nitrogens with one attached hydrogen (secondary N) is 2. The Morgan fingerprint density at radius 1 is 1.24 bits per heavy atom. The Hall–Kier alpha value is -3.45. The first-order valence-electron chi connectivity index (χ1n) is 9.45. The van der Waals surface area contributed by atoms with E-state index in [4.69, 9.17) is 9.84 Å². The van der Waals surface area contributed by atoms with Gasteiger partial charge in [0.05, 0.1) is 28.4 Å². The van der Waals surface area contributed by atoms with Crippen LogP contribution in [0.3, 0.4) is 0 Å². The predicted molar refractivity (Wildman–Crippen MR) is 124 cm³/mol. The van der Waals surface area contributed by atoms with Crippen LogP contribution in [-0.4, -0.2) is 34.8 Å². The monoisotopic (exact) mass is 556 g/mol. The molecule has 1 amide bonds. The molecule has 2 aromatic carbocycles. The van der Waals surface area contributed by atoms with Gasteiger partial charge < -0.3 is 15.2 Å². The van der Waals surface area contributed by atoms with Crippen molar-refractivity contribution in [2.45, 2.75) is 12.6 Å². The van der Waals surface area contributed by atoms with E-state index in [0.29, 0.717) is 26.6 Å². The number of hydrogen-bond donors (Lipinski definition) is 3. The summed E-state index contributed by atoms with van der Waals surface area (Å²) in [5.41, 5.74) is 2.86. The van der Waals surface area contributed by atoms with Crippen molar-refractivity contribution >= 4 is 56.2 Å². The van der Waals surface area contributed by atoms with Crippen LogP contribution in [0.2, 0.25) is 0 Å². The zero-order chi connectivity index (χ0) is 24.7. The minimum absolute atomic E-state index is 0.0796. The van der Waals surface area contributed by atoms with E-state index in [2.05, 4.69) is 36.8 Å². The molecule has 0 aliphatic rings. The van der Waals surface area contributed by atoms with Gasteiger partial charge >= 0.3 is 12.1 Å². The average Bonchev–Trinajstić information content (AvgIpc) is 3.19. The topological polar surface area (TPSA) is 113 Å². The first-order chi connectivity index (χ1) is 16.1. The molecule has 0 fully saturated rings. The molecule has 0 aliphatic carbocycles. The zero-order valence-corrected chi connectivity index (χ0v) is 19.5. The number of carbonyl (C=O) groups excluding carboxylic acids is 1. The van der Waals surface area contributed by atoms with Crippen LogP contribution in [0.4, 0.5) is 24.0 Å². The third kappa shape index (κ3) is 7.56. The molecule has 8 nitrogen and oxygen atoms in total. The van der Waals surface area contributed by atoms with E-state index >= 15 is 0 Å². The highest BCUT2D eigenvalue weighted by atomic mass is 79.9. The fourth-order valence-corrected chi connectivity index (χ4v) is 3.82.